The number of methoxy groups -OCH3 is 1. The molecule has 10 heavy (non-hydrogen) atoms. The van der Waals surface area contributed by atoms with Crippen molar-refractivity contribution in [3.05, 3.63) is 0 Å². The van der Waals surface area contributed by atoms with Crippen LogP contribution in [0.4, 0.5) is 4.39 Å². The molecule has 0 saturated carbocycles. The van der Waals surface area contributed by atoms with Crippen molar-refractivity contribution in [1.82, 2.24) is 0 Å². The van der Waals surface area contributed by atoms with Crippen LogP contribution in [0.3, 0.4) is 0 Å². The van der Waals surface area contributed by atoms with Gasteiger partial charge in [-0.05, 0) is 0 Å². The van der Waals surface area contributed by atoms with Crippen LogP contribution in [0.2, 0.25) is 0 Å². The fourth-order valence-corrected chi connectivity index (χ4v) is 0.996. The van der Waals surface area contributed by atoms with Crippen LogP contribution in [-0.4, -0.2) is 32.2 Å². The van der Waals surface area contributed by atoms with Gasteiger partial charge in [0.2, 0.25) is 0 Å². The standard InChI is InChI=1S/C6H12FNO2/c1-9-6-5(8)4(7)2-3-10-6/h4-6H,2-3,8H2,1H3/t4-,5+,6-/m1/s1. The van der Waals surface area contributed by atoms with Gasteiger partial charge in [0.1, 0.15) is 6.17 Å². The smallest absolute Gasteiger partial charge is 0.174 e. The summed E-state index contributed by atoms with van der Waals surface area (Å²) in [6.45, 7) is 0.396. The molecular formula is C6H12FNO2. The van der Waals surface area contributed by atoms with Gasteiger partial charge in [0.05, 0.1) is 12.6 Å². The van der Waals surface area contributed by atoms with E-state index in [1.807, 2.05) is 0 Å². The third kappa shape index (κ3) is 1.45. The molecule has 0 radical (unpaired) electrons. The fourth-order valence-electron chi connectivity index (χ4n) is 0.996. The summed E-state index contributed by atoms with van der Waals surface area (Å²) in [5.41, 5.74) is 5.41. The van der Waals surface area contributed by atoms with Gasteiger partial charge in [-0.2, -0.15) is 0 Å². The van der Waals surface area contributed by atoms with E-state index in [4.69, 9.17) is 15.2 Å². The molecule has 0 aromatic carbocycles. The Bertz CT molecular complexity index is 112. The summed E-state index contributed by atoms with van der Waals surface area (Å²) in [6, 6.07) is -0.626. The van der Waals surface area contributed by atoms with Crippen molar-refractivity contribution in [2.45, 2.75) is 24.9 Å². The highest BCUT2D eigenvalue weighted by molar-refractivity contribution is 4.79. The van der Waals surface area contributed by atoms with Crippen molar-refractivity contribution in [2.24, 2.45) is 5.73 Å². The van der Waals surface area contributed by atoms with Crippen molar-refractivity contribution in [2.75, 3.05) is 13.7 Å². The zero-order chi connectivity index (χ0) is 7.56. The first-order valence-electron chi connectivity index (χ1n) is 3.29. The first-order chi connectivity index (χ1) is 4.75. The molecule has 0 bridgehead atoms. The molecule has 0 aromatic rings. The molecule has 60 valence electrons. The van der Waals surface area contributed by atoms with Crippen LogP contribution in [0, 0.1) is 0 Å². The largest absolute Gasteiger partial charge is 0.354 e. The zero-order valence-corrected chi connectivity index (χ0v) is 5.92. The second-order valence-electron chi connectivity index (χ2n) is 2.36. The SMILES string of the molecule is CO[C@@H]1OCC[C@@H](F)[C@@H]1N. The zero-order valence-electron chi connectivity index (χ0n) is 5.92. The van der Waals surface area contributed by atoms with Crippen molar-refractivity contribution in [3.8, 4) is 0 Å². The summed E-state index contributed by atoms with van der Waals surface area (Å²) in [6.07, 6.45) is -1.18. The lowest BCUT2D eigenvalue weighted by molar-refractivity contribution is -0.172. The van der Waals surface area contributed by atoms with Crippen LogP contribution in [0.1, 0.15) is 6.42 Å². The normalized spacial score (nSPS) is 41.7. The summed E-state index contributed by atoms with van der Waals surface area (Å²) in [4.78, 5) is 0. The lowest BCUT2D eigenvalue weighted by Gasteiger charge is -2.30. The predicted molar refractivity (Wildman–Crippen MR) is 34.2 cm³/mol. The number of rotatable bonds is 1. The van der Waals surface area contributed by atoms with E-state index in [1.54, 1.807) is 0 Å². The van der Waals surface area contributed by atoms with Crippen LogP contribution >= 0.6 is 0 Å². The molecular weight excluding hydrogens is 137 g/mol. The van der Waals surface area contributed by atoms with Crippen molar-refractivity contribution < 1.29 is 13.9 Å². The number of alkyl halides is 1. The minimum Gasteiger partial charge on any atom is -0.354 e. The van der Waals surface area contributed by atoms with Crippen molar-refractivity contribution in [1.29, 1.82) is 0 Å². The lowest BCUT2D eigenvalue weighted by atomic mass is 10.1. The van der Waals surface area contributed by atoms with E-state index >= 15 is 0 Å². The Hall–Kier alpha value is -0.190. The van der Waals surface area contributed by atoms with Gasteiger partial charge in [-0.1, -0.05) is 0 Å². The van der Waals surface area contributed by atoms with Gasteiger partial charge >= 0.3 is 0 Å². The van der Waals surface area contributed by atoms with E-state index in [9.17, 15) is 4.39 Å². The highest BCUT2D eigenvalue weighted by Crippen LogP contribution is 2.15. The quantitative estimate of drug-likeness (QED) is 0.572. The summed E-state index contributed by atoms with van der Waals surface area (Å²) in [5, 5.41) is 0. The van der Waals surface area contributed by atoms with Gasteiger partial charge in [0.15, 0.2) is 6.29 Å². The van der Waals surface area contributed by atoms with Crippen LogP contribution in [0.5, 0.6) is 0 Å². The number of hydrogen-bond donors (Lipinski definition) is 1. The van der Waals surface area contributed by atoms with E-state index in [-0.39, 0.29) is 0 Å². The molecule has 4 heteroatoms. The lowest BCUT2D eigenvalue weighted by Crippen LogP contribution is -2.49. The molecule has 3 atom stereocenters. The van der Waals surface area contributed by atoms with Crippen LogP contribution < -0.4 is 5.73 Å². The Kier molecular flexibility index (Phi) is 2.59. The molecule has 1 fully saturated rings. The average molecular weight is 149 g/mol. The summed E-state index contributed by atoms with van der Waals surface area (Å²) in [5.74, 6) is 0. The Labute approximate surface area is 59.3 Å². The number of halogens is 1. The van der Waals surface area contributed by atoms with Gasteiger partial charge in [-0.3, -0.25) is 0 Å². The monoisotopic (exact) mass is 149 g/mol. The Morgan fingerprint density at radius 3 is 2.90 bits per heavy atom. The Morgan fingerprint density at radius 1 is 1.70 bits per heavy atom. The van der Waals surface area contributed by atoms with Gasteiger partial charge in [0.25, 0.3) is 0 Å². The summed E-state index contributed by atoms with van der Waals surface area (Å²) >= 11 is 0. The van der Waals surface area contributed by atoms with Crippen LogP contribution in [0.15, 0.2) is 0 Å². The van der Waals surface area contributed by atoms with E-state index in [0.717, 1.165) is 0 Å². The first-order valence-corrected chi connectivity index (χ1v) is 3.29. The van der Waals surface area contributed by atoms with Gasteiger partial charge < -0.3 is 15.2 Å². The third-order valence-corrected chi connectivity index (χ3v) is 1.64. The third-order valence-electron chi connectivity index (χ3n) is 1.64. The second-order valence-corrected chi connectivity index (χ2v) is 2.36. The maximum Gasteiger partial charge on any atom is 0.174 e. The van der Waals surface area contributed by atoms with Gasteiger partial charge in [-0.25, -0.2) is 4.39 Å². The van der Waals surface area contributed by atoms with Crippen molar-refractivity contribution >= 4 is 0 Å². The highest BCUT2D eigenvalue weighted by atomic mass is 19.1. The molecule has 0 spiro atoms. The highest BCUT2D eigenvalue weighted by Gasteiger charge is 2.31. The molecule has 1 saturated heterocycles. The van der Waals surface area contributed by atoms with Gasteiger partial charge in [-0.15, -0.1) is 0 Å². The van der Waals surface area contributed by atoms with E-state index in [0.29, 0.717) is 13.0 Å². The summed E-state index contributed by atoms with van der Waals surface area (Å²) in [7, 11) is 1.46. The van der Waals surface area contributed by atoms with Crippen molar-refractivity contribution in [3.63, 3.8) is 0 Å². The fraction of sp³-hybridized carbons (Fsp3) is 1.00. The van der Waals surface area contributed by atoms with E-state index in [2.05, 4.69) is 0 Å². The molecule has 2 N–H and O–H groups in total. The average Bonchev–Trinajstić information content (AvgIpc) is 1.95. The van der Waals surface area contributed by atoms with Crippen LogP contribution in [0.25, 0.3) is 0 Å². The molecule has 0 aromatic heterocycles. The first kappa shape index (κ1) is 7.91. The molecule has 0 unspecified atom stereocenters. The predicted octanol–water partition coefficient (Wildman–Crippen LogP) is 0.0446. The topological polar surface area (TPSA) is 44.5 Å². The molecule has 1 rings (SSSR count). The van der Waals surface area contributed by atoms with Gasteiger partial charge in [0, 0.05) is 13.5 Å². The molecule has 0 aliphatic carbocycles. The molecule has 1 aliphatic heterocycles. The summed E-state index contributed by atoms with van der Waals surface area (Å²) < 4.78 is 22.5. The van der Waals surface area contributed by atoms with Crippen LogP contribution in [-0.2, 0) is 9.47 Å². The molecule has 1 aliphatic rings. The van der Waals surface area contributed by atoms with E-state index < -0.39 is 18.5 Å². The molecule has 3 nitrogen and oxygen atoms in total. The second kappa shape index (κ2) is 3.27. The molecule has 1 heterocycles. The Balaban J connectivity index is 2.42. The minimum absolute atomic E-state index is 0.376. The maximum absolute atomic E-state index is 12.7. The number of hydrogen-bond acceptors (Lipinski definition) is 3. The maximum atomic E-state index is 12.7. The Morgan fingerprint density at radius 2 is 2.40 bits per heavy atom. The molecule has 0 amide bonds. The van der Waals surface area contributed by atoms with E-state index in [1.165, 1.54) is 7.11 Å². The minimum atomic E-state index is -0.987. The number of ether oxygens (including phenoxy) is 2. The number of nitrogens with two attached hydrogens (primary N) is 1.